The first kappa shape index (κ1) is 13.7. The van der Waals surface area contributed by atoms with Crippen LogP contribution in [0.2, 0.25) is 0 Å². The first-order valence-corrected chi connectivity index (χ1v) is 5.35. The monoisotopic (exact) mass is 240 g/mol. The number of nitrogens with zero attached hydrogens (tertiary/aromatic N) is 4. The molecular formula is C13H12N4O. The standard InChI is InChI=1S/C13H12N4O/c14-5-7-17(8-6-15)10-13(18)12-3-1-11(9-16)2-4-12/h1-4,13,18H,7-8,10H2. The quantitative estimate of drug-likeness (QED) is 0.773. The normalized spacial score (nSPS) is 11.3. The molecule has 5 nitrogen and oxygen atoms in total. The lowest BCUT2D eigenvalue weighted by molar-refractivity contribution is 0.127. The van der Waals surface area contributed by atoms with Crippen LogP contribution in [0.15, 0.2) is 24.3 Å². The second-order valence-electron chi connectivity index (χ2n) is 3.74. The maximum atomic E-state index is 9.96. The zero-order chi connectivity index (χ0) is 13.4. The van der Waals surface area contributed by atoms with Crippen molar-refractivity contribution >= 4 is 0 Å². The minimum atomic E-state index is -0.778. The molecule has 1 aromatic carbocycles. The summed E-state index contributed by atoms with van der Waals surface area (Å²) >= 11 is 0. The van der Waals surface area contributed by atoms with E-state index in [9.17, 15) is 5.11 Å². The van der Waals surface area contributed by atoms with Crippen molar-refractivity contribution < 1.29 is 5.11 Å². The zero-order valence-corrected chi connectivity index (χ0v) is 9.74. The highest BCUT2D eigenvalue weighted by Crippen LogP contribution is 2.14. The molecule has 0 aliphatic rings. The van der Waals surface area contributed by atoms with Gasteiger partial charge in [-0.1, -0.05) is 12.1 Å². The van der Waals surface area contributed by atoms with E-state index in [1.54, 1.807) is 29.2 Å². The molecule has 90 valence electrons. The van der Waals surface area contributed by atoms with Crippen molar-refractivity contribution in [1.82, 2.24) is 4.90 Å². The molecule has 0 spiro atoms. The fraction of sp³-hybridized carbons (Fsp3) is 0.308. The Morgan fingerprint density at radius 3 is 2.06 bits per heavy atom. The maximum Gasteiger partial charge on any atom is 0.0991 e. The van der Waals surface area contributed by atoms with Crippen molar-refractivity contribution in [2.24, 2.45) is 0 Å². The largest absolute Gasteiger partial charge is 0.387 e. The fourth-order valence-electron chi connectivity index (χ4n) is 1.51. The molecule has 1 unspecified atom stereocenters. The molecule has 0 saturated carbocycles. The molecule has 1 atom stereocenters. The molecule has 1 N–H and O–H groups in total. The number of benzene rings is 1. The molecule has 0 radical (unpaired) electrons. The third-order valence-electron chi connectivity index (χ3n) is 2.44. The third kappa shape index (κ3) is 3.88. The van der Waals surface area contributed by atoms with Gasteiger partial charge in [0.2, 0.25) is 0 Å². The predicted molar refractivity (Wildman–Crippen MR) is 63.8 cm³/mol. The fourth-order valence-corrected chi connectivity index (χ4v) is 1.51. The van der Waals surface area contributed by atoms with Crippen LogP contribution in [0.4, 0.5) is 0 Å². The summed E-state index contributed by atoms with van der Waals surface area (Å²) in [7, 11) is 0. The predicted octanol–water partition coefficient (Wildman–Crippen LogP) is 0.941. The molecule has 0 aromatic heterocycles. The molecular weight excluding hydrogens is 228 g/mol. The van der Waals surface area contributed by atoms with Gasteiger partial charge < -0.3 is 5.11 Å². The number of rotatable bonds is 5. The van der Waals surface area contributed by atoms with E-state index in [-0.39, 0.29) is 19.6 Å². The minimum Gasteiger partial charge on any atom is -0.387 e. The Morgan fingerprint density at radius 1 is 1.06 bits per heavy atom. The van der Waals surface area contributed by atoms with Crippen LogP contribution < -0.4 is 0 Å². The Kier molecular flexibility index (Phi) is 5.35. The van der Waals surface area contributed by atoms with Crippen molar-refractivity contribution in [3.05, 3.63) is 35.4 Å². The van der Waals surface area contributed by atoms with Gasteiger partial charge in [-0.2, -0.15) is 15.8 Å². The zero-order valence-electron chi connectivity index (χ0n) is 9.74. The summed E-state index contributed by atoms with van der Waals surface area (Å²) in [6.07, 6.45) is -0.778. The molecule has 0 amide bonds. The molecule has 1 aromatic rings. The van der Waals surface area contributed by atoms with Gasteiger partial charge in [0, 0.05) is 6.54 Å². The van der Waals surface area contributed by atoms with Gasteiger partial charge >= 0.3 is 0 Å². The van der Waals surface area contributed by atoms with Gasteiger partial charge in [0.25, 0.3) is 0 Å². The van der Waals surface area contributed by atoms with E-state index >= 15 is 0 Å². The number of aliphatic hydroxyl groups is 1. The molecule has 5 heteroatoms. The van der Waals surface area contributed by atoms with Crippen LogP contribution in [0.3, 0.4) is 0 Å². The van der Waals surface area contributed by atoms with E-state index in [0.29, 0.717) is 11.1 Å². The van der Waals surface area contributed by atoms with Gasteiger partial charge in [0.1, 0.15) is 0 Å². The average molecular weight is 240 g/mol. The highest BCUT2D eigenvalue weighted by Gasteiger charge is 2.13. The van der Waals surface area contributed by atoms with E-state index in [1.165, 1.54) is 0 Å². The molecule has 0 fully saturated rings. The SMILES string of the molecule is N#CCN(CC#N)CC(O)c1ccc(C#N)cc1. The second kappa shape index (κ2) is 7.04. The first-order valence-electron chi connectivity index (χ1n) is 5.35. The van der Waals surface area contributed by atoms with Gasteiger partial charge in [-0.3, -0.25) is 4.90 Å². The van der Waals surface area contributed by atoms with Crippen LogP contribution in [-0.4, -0.2) is 29.6 Å². The summed E-state index contributed by atoms with van der Waals surface area (Å²) in [6, 6.07) is 12.5. The topological polar surface area (TPSA) is 94.8 Å². The lowest BCUT2D eigenvalue weighted by Gasteiger charge is -2.19. The van der Waals surface area contributed by atoms with Gasteiger partial charge in [-0.15, -0.1) is 0 Å². The summed E-state index contributed by atoms with van der Waals surface area (Å²) in [5.41, 5.74) is 1.19. The van der Waals surface area contributed by atoms with E-state index in [1.807, 2.05) is 18.2 Å². The number of aliphatic hydroxyl groups excluding tert-OH is 1. The van der Waals surface area contributed by atoms with Crippen LogP contribution in [0, 0.1) is 34.0 Å². The van der Waals surface area contributed by atoms with E-state index in [0.717, 1.165) is 0 Å². The van der Waals surface area contributed by atoms with Crippen molar-refractivity contribution in [1.29, 1.82) is 15.8 Å². The van der Waals surface area contributed by atoms with Crippen LogP contribution in [-0.2, 0) is 0 Å². The molecule has 1 rings (SSSR count). The molecule has 0 saturated heterocycles. The Labute approximate surface area is 106 Å². The van der Waals surface area contributed by atoms with Crippen molar-refractivity contribution in [2.75, 3.05) is 19.6 Å². The van der Waals surface area contributed by atoms with Gasteiger partial charge in [-0.05, 0) is 17.7 Å². The van der Waals surface area contributed by atoms with Crippen LogP contribution in [0.5, 0.6) is 0 Å². The van der Waals surface area contributed by atoms with Crippen LogP contribution in [0.25, 0.3) is 0 Å². The van der Waals surface area contributed by atoms with Crippen LogP contribution in [0.1, 0.15) is 17.2 Å². The van der Waals surface area contributed by atoms with E-state index in [4.69, 9.17) is 15.8 Å². The third-order valence-corrected chi connectivity index (χ3v) is 2.44. The number of hydrogen-bond donors (Lipinski definition) is 1. The second-order valence-corrected chi connectivity index (χ2v) is 3.74. The van der Waals surface area contributed by atoms with Crippen LogP contribution >= 0.6 is 0 Å². The highest BCUT2D eigenvalue weighted by molar-refractivity contribution is 5.32. The summed E-state index contributed by atoms with van der Waals surface area (Å²) in [5.74, 6) is 0. The lowest BCUT2D eigenvalue weighted by atomic mass is 10.1. The maximum absolute atomic E-state index is 9.96. The minimum absolute atomic E-state index is 0.0981. The van der Waals surface area contributed by atoms with E-state index < -0.39 is 6.10 Å². The van der Waals surface area contributed by atoms with Gasteiger partial charge in [-0.25, -0.2) is 0 Å². The summed E-state index contributed by atoms with van der Waals surface area (Å²) < 4.78 is 0. The molecule has 0 bridgehead atoms. The van der Waals surface area contributed by atoms with E-state index in [2.05, 4.69) is 0 Å². The first-order chi connectivity index (χ1) is 8.71. The summed E-state index contributed by atoms with van der Waals surface area (Å²) in [5, 5.41) is 35.8. The molecule has 18 heavy (non-hydrogen) atoms. The molecule has 0 aliphatic carbocycles. The summed E-state index contributed by atoms with van der Waals surface area (Å²) in [6.45, 7) is 0.412. The Bertz CT molecular complexity index is 488. The van der Waals surface area contributed by atoms with Crippen molar-refractivity contribution in [3.63, 3.8) is 0 Å². The smallest absolute Gasteiger partial charge is 0.0991 e. The molecule has 0 aliphatic heterocycles. The van der Waals surface area contributed by atoms with Gasteiger partial charge in [0.05, 0.1) is 43.0 Å². The number of hydrogen-bond acceptors (Lipinski definition) is 5. The van der Waals surface area contributed by atoms with Crippen molar-refractivity contribution in [2.45, 2.75) is 6.10 Å². The Hall–Kier alpha value is -2.39. The highest BCUT2D eigenvalue weighted by atomic mass is 16.3. The Morgan fingerprint density at radius 2 is 1.61 bits per heavy atom. The number of nitriles is 3. The summed E-state index contributed by atoms with van der Waals surface area (Å²) in [4.78, 5) is 1.56. The van der Waals surface area contributed by atoms with Crippen molar-refractivity contribution in [3.8, 4) is 18.2 Å². The van der Waals surface area contributed by atoms with Gasteiger partial charge in [0.15, 0.2) is 0 Å². The average Bonchev–Trinajstić information content (AvgIpc) is 2.39. The molecule has 0 heterocycles. The lowest BCUT2D eigenvalue weighted by Crippen LogP contribution is -2.29. The Balaban J connectivity index is 2.69.